The molecule has 2 aliphatic rings. The third-order valence-corrected chi connectivity index (χ3v) is 12.7. The van der Waals surface area contributed by atoms with Gasteiger partial charge in [-0.25, -0.2) is 0 Å². The lowest BCUT2D eigenvalue weighted by Crippen LogP contribution is -2.60. The van der Waals surface area contributed by atoms with Crippen LogP contribution in [0.2, 0.25) is 0 Å². The van der Waals surface area contributed by atoms with Gasteiger partial charge in [0.1, 0.15) is 13.1 Å². The van der Waals surface area contributed by atoms with Crippen molar-refractivity contribution in [2.45, 2.75) is 47.3 Å². The summed E-state index contributed by atoms with van der Waals surface area (Å²) in [6.07, 6.45) is 0. The minimum Gasteiger partial charge on any atom is -0.334 e. The number of nitrogens with zero attached hydrogens (tertiary/aromatic N) is 4. The number of anilines is 4. The van der Waals surface area contributed by atoms with Crippen molar-refractivity contribution in [2.75, 3.05) is 75.2 Å². The number of hydrogen-bond donors (Lipinski definition) is 0. The van der Waals surface area contributed by atoms with Crippen molar-refractivity contribution in [3.63, 3.8) is 0 Å². The molecular formula is C38H48N4S2+2. The minimum absolute atomic E-state index is 1.04. The summed E-state index contributed by atoms with van der Waals surface area (Å²) in [6, 6.07) is 35.7. The summed E-state index contributed by atoms with van der Waals surface area (Å²) in [5, 5.41) is 0. The number of hydrogen-bond acceptors (Lipinski definition) is 4. The predicted octanol–water partition coefficient (Wildman–Crippen LogP) is 9.31. The first-order valence-electron chi connectivity index (χ1n) is 16.5. The van der Waals surface area contributed by atoms with Gasteiger partial charge in [0.2, 0.25) is 0 Å². The van der Waals surface area contributed by atoms with Crippen LogP contribution in [0.3, 0.4) is 0 Å². The summed E-state index contributed by atoms with van der Waals surface area (Å²) in [5.41, 5.74) is 5.42. The molecule has 0 amide bonds. The van der Waals surface area contributed by atoms with Crippen LogP contribution in [-0.2, 0) is 0 Å². The second-order valence-electron chi connectivity index (χ2n) is 12.2. The van der Waals surface area contributed by atoms with Crippen LogP contribution in [0.1, 0.15) is 27.7 Å². The van der Waals surface area contributed by atoms with Gasteiger partial charge in [0.05, 0.1) is 75.1 Å². The quantitative estimate of drug-likeness (QED) is 0.137. The molecule has 0 bridgehead atoms. The molecule has 0 aromatic heterocycles. The molecule has 2 aliphatic heterocycles. The molecule has 0 radical (unpaired) electrons. The molecule has 0 saturated heterocycles. The van der Waals surface area contributed by atoms with Gasteiger partial charge in [-0.2, -0.15) is 0 Å². The van der Waals surface area contributed by atoms with Gasteiger partial charge in [0, 0.05) is 19.6 Å². The second-order valence-corrected chi connectivity index (χ2v) is 14.4. The van der Waals surface area contributed by atoms with E-state index in [-0.39, 0.29) is 0 Å². The second kappa shape index (κ2) is 13.6. The van der Waals surface area contributed by atoms with Crippen molar-refractivity contribution >= 4 is 46.3 Å². The number of fused-ring (bicyclic) bond motifs is 4. The molecule has 4 aromatic carbocycles. The summed E-state index contributed by atoms with van der Waals surface area (Å²) in [4.78, 5) is 10.6. The van der Waals surface area contributed by atoms with Crippen LogP contribution in [-0.4, -0.2) is 74.4 Å². The summed E-state index contributed by atoms with van der Waals surface area (Å²) in [6.45, 7) is 21.1. The summed E-state index contributed by atoms with van der Waals surface area (Å²) < 4.78 is 2.31. The summed E-state index contributed by atoms with van der Waals surface area (Å²) >= 11 is 3.81. The maximum Gasteiger partial charge on any atom is 0.129 e. The molecule has 0 N–H and O–H groups in total. The molecule has 0 fully saturated rings. The number of likely N-dealkylation sites (N-methyl/N-ethyl adjacent to an activating group) is 2. The smallest absolute Gasteiger partial charge is 0.129 e. The summed E-state index contributed by atoms with van der Waals surface area (Å²) in [7, 11) is 0. The minimum atomic E-state index is 1.04. The van der Waals surface area contributed by atoms with E-state index in [1.807, 2.05) is 23.5 Å². The van der Waals surface area contributed by atoms with Gasteiger partial charge in [0.25, 0.3) is 0 Å². The van der Waals surface area contributed by atoms with Crippen LogP contribution in [0.4, 0.5) is 22.7 Å². The molecule has 0 unspecified atom stereocenters. The first kappa shape index (κ1) is 31.1. The lowest BCUT2D eigenvalue weighted by Gasteiger charge is -2.44. The zero-order chi connectivity index (χ0) is 30.6. The molecule has 0 atom stereocenters. The highest BCUT2D eigenvalue weighted by atomic mass is 32.2. The van der Waals surface area contributed by atoms with Crippen molar-refractivity contribution in [1.82, 2.24) is 0 Å². The zero-order valence-electron chi connectivity index (χ0n) is 26.9. The SMILES string of the molecule is CC[N+](CC)(CCN1c2ccccc2Sc2ccccc21)CC[N+](CC)(CC)CCN1c2ccccc2Sc2ccccc21. The highest BCUT2D eigenvalue weighted by molar-refractivity contribution is 8.00. The Labute approximate surface area is 273 Å². The van der Waals surface area contributed by atoms with Gasteiger partial charge < -0.3 is 18.8 Å². The Morgan fingerprint density at radius 2 is 0.682 bits per heavy atom. The van der Waals surface area contributed by atoms with Crippen molar-refractivity contribution in [1.29, 1.82) is 0 Å². The van der Waals surface area contributed by atoms with Gasteiger partial charge in [0.15, 0.2) is 0 Å². The molecule has 0 spiro atoms. The zero-order valence-corrected chi connectivity index (χ0v) is 28.5. The molecule has 44 heavy (non-hydrogen) atoms. The van der Waals surface area contributed by atoms with Crippen molar-refractivity contribution in [3.8, 4) is 0 Å². The third kappa shape index (κ3) is 6.15. The van der Waals surface area contributed by atoms with Gasteiger partial charge in [-0.1, -0.05) is 72.1 Å². The average molecular weight is 625 g/mol. The highest BCUT2D eigenvalue weighted by Crippen LogP contribution is 2.49. The number of quaternary nitrogens is 2. The van der Waals surface area contributed by atoms with Crippen LogP contribution in [0.25, 0.3) is 0 Å². The number of rotatable bonds is 13. The third-order valence-electron chi connectivity index (χ3n) is 10.4. The fourth-order valence-electron chi connectivity index (χ4n) is 7.03. The molecule has 4 nitrogen and oxygen atoms in total. The molecule has 6 heteroatoms. The van der Waals surface area contributed by atoms with Gasteiger partial charge in [-0.15, -0.1) is 0 Å². The van der Waals surface area contributed by atoms with E-state index in [0.717, 1.165) is 35.1 Å². The molecule has 6 rings (SSSR count). The maximum absolute atomic E-state index is 2.59. The number of para-hydroxylation sites is 4. The largest absolute Gasteiger partial charge is 0.334 e. The van der Waals surface area contributed by atoms with Gasteiger partial charge in [-0.05, 0) is 76.2 Å². The van der Waals surface area contributed by atoms with E-state index in [9.17, 15) is 0 Å². The van der Waals surface area contributed by atoms with Crippen LogP contribution >= 0.6 is 23.5 Å². The molecule has 2 heterocycles. The van der Waals surface area contributed by atoms with E-state index < -0.39 is 0 Å². The van der Waals surface area contributed by atoms with E-state index in [4.69, 9.17) is 0 Å². The number of benzene rings is 4. The van der Waals surface area contributed by atoms with Crippen LogP contribution in [0.15, 0.2) is 117 Å². The van der Waals surface area contributed by atoms with Crippen molar-refractivity contribution in [2.24, 2.45) is 0 Å². The fourth-order valence-corrected chi connectivity index (χ4v) is 9.22. The Kier molecular flexibility index (Phi) is 9.62. The Bertz CT molecular complexity index is 1350. The Morgan fingerprint density at radius 3 is 0.955 bits per heavy atom. The molecular weight excluding hydrogens is 577 g/mol. The van der Waals surface area contributed by atoms with E-state index in [1.165, 1.54) is 81.6 Å². The maximum atomic E-state index is 2.59. The molecule has 0 saturated carbocycles. The molecule has 0 aliphatic carbocycles. The van der Waals surface area contributed by atoms with E-state index in [2.05, 4.69) is 135 Å². The highest BCUT2D eigenvalue weighted by Gasteiger charge is 2.34. The van der Waals surface area contributed by atoms with Gasteiger partial charge >= 0.3 is 0 Å². The van der Waals surface area contributed by atoms with Crippen LogP contribution in [0.5, 0.6) is 0 Å². The lowest BCUT2D eigenvalue weighted by molar-refractivity contribution is -0.977. The topological polar surface area (TPSA) is 6.48 Å². The van der Waals surface area contributed by atoms with Crippen molar-refractivity contribution < 1.29 is 8.97 Å². The van der Waals surface area contributed by atoms with E-state index in [0.29, 0.717) is 0 Å². The van der Waals surface area contributed by atoms with Crippen LogP contribution < -0.4 is 9.80 Å². The first-order valence-corrected chi connectivity index (χ1v) is 18.1. The first-order chi connectivity index (χ1) is 21.5. The Hall–Kier alpha value is -2.90. The monoisotopic (exact) mass is 624 g/mol. The fraction of sp³-hybridized carbons (Fsp3) is 0.368. The normalized spacial score (nSPS) is 14.1. The lowest BCUT2D eigenvalue weighted by atomic mass is 10.2. The average Bonchev–Trinajstić information content (AvgIpc) is 3.08. The van der Waals surface area contributed by atoms with E-state index >= 15 is 0 Å². The molecule has 230 valence electrons. The Morgan fingerprint density at radius 1 is 0.409 bits per heavy atom. The van der Waals surface area contributed by atoms with Crippen LogP contribution in [0, 0.1) is 0 Å². The Balaban J connectivity index is 1.19. The van der Waals surface area contributed by atoms with E-state index in [1.54, 1.807) is 0 Å². The standard InChI is InChI=1S/C38H48N4S2/c1-5-41(6-2,27-25-39-31-17-9-13-21-35(31)43-36-22-14-10-18-32(36)39)29-30-42(7-3,8-4)28-26-40-33-19-11-15-23-37(33)44-38-24-16-12-20-34(38)40/h9-24H,5-8,25-30H2,1-4H3/q+2. The molecule has 4 aromatic rings. The van der Waals surface area contributed by atoms with Gasteiger partial charge in [-0.3, -0.25) is 0 Å². The van der Waals surface area contributed by atoms with Crippen molar-refractivity contribution in [3.05, 3.63) is 97.1 Å². The summed E-state index contributed by atoms with van der Waals surface area (Å²) in [5.74, 6) is 0. The predicted molar refractivity (Wildman–Crippen MR) is 190 cm³/mol.